The second-order valence-electron chi connectivity index (χ2n) is 7.62. The molecule has 0 bridgehead atoms. The molecule has 1 aliphatic heterocycles. The molecule has 0 atom stereocenters. The zero-order valence-corrected chi connectivity index (χ0v) is 15.3. The van der Waals surface area contributed by atoms with Crippen molar-refractivity contribution in [3.8, 4) is 16.9 Å². The maximum atomic E-state index is 13.4. The van der Waals surface area contributed by atoms with Crippen LogP contribution in [-0.4, -0.2) is 11.7 Å². The number of fused-ring (bicyclic) bond motifs is 1. The molecule has 0 fully saturated rings. The van der Waals surface area contributed by atoms with Crippen LogP contribution in [0.25, 0.3) is 11.1 Å². The Morgan fingerprint density at radius 3 is 2.35 bits per heavy atom. The average molecular weight is 347 g/mol. The SMILES string of the molecule is Cc1ccccc1N1CC(C)(C)c2c(-c3ccc(F)cc3)ccc(O)c21. The van der Waals surface area contributed by atoms with E-state index in [9.17, 15) is 9.50 Å². The fraction of sp³-hybridized carbons (Fsp3) is 0.217. The van der Waals surface area contributed by atoms with Gasteiger partial charge in [0.1, 0.15) is 11.6 Å². The Balaban J connectivity index is 1.96. The molecule has 3 heteroatoms. The van der Waals surface area contributed by atoms with Crippen molar-refractivity contribution >= 4 is 11.4 Å². The molecule has 0 radical (unpaired) electrons. The van der Waals surface area contributed by atoms with E-state index >= 15 is 0 Å². The highest BCUT2D eigenvalue weighted by atomic mass is 19.1. The quantitative estimate of drug-likeness (QED) is 0.620. The van der Waals surface area contributed by atoms with Gasteiger partial charge in [-0.3, -0.25) is 0 Å². The van der Waals surface area contributed by atoms with Crippen molar-refractivity contribution in [3.05, 3.63) is 77.6 Å². The summed E-state index contributed by atoms with van der Waals surface area (Å²) < 4.78 is 13.4. The first kappa shape index (κ1) is 16.6. The number of hydrogen-bond acceptors (Lipinski definition) is 2. The summed E-state index contributed by atoms with van der Waals surface area (Å²) in [6, 6.07) is 18.5. The number of rotatable bonds is 2. The zero-order valence-electron chi connectivity index (χ0n) is 15.3. The Bertz CT molecular complexity index is 976. The standard InChI is InChI=1S/C23H22FNO/c1-15-6-4-5-7-19(15)25-14-23(2,3)21-18(12-13-20(26)22(21)25)16-8-10-17(24)11-9-16/h4-13,26H,14H2,1-3H3. The van der Waals surface area contributed by atoms with Gasteiger partial charge in [-0.15, -0.1) is 0 Å². The first-order valence-electron chi connectivity index (χ1n) is 8.84. The Morgan fingerprint density at radius 2 is 1.65 bits per heavy atom. The monoisotopic (exact) mass is 347 g/mol. The van der Waals surface area contributed by atoms with Crippen molar-refractivity contribution in [2.75, 3.05) is 11.4 Å². The molecule has 0 aromatic heterocycles. The molecule has 0 spiro atoms. The van der Waals surface area contributed by atoms with Gasteiger partial charge in [-0.25, -0.2) is 4.39 Å². The molecule has 0 unspecified atom stereocenters. The van der Waals surface area contributed by atoms with Gasteiger partial charge in [-0.1, -0.05) is 50.2 Å². The van der Waals surface area contributed by atoms with Crippen LogP contribution in [-0.2, 0) is 5.41 Å². The zero-order chi connectivity index (χ0) is 18.5. The van der Waals surface area contributed by atoms with Crippen LogP contribution in [0.15, 0.2) is 60.7 Å². The van der Waals surface area contributed by atoms with Gasteiger partial charge in [0.05, 0.1) is 5.69 Å². The average Bonchev–Trinajstić information content (AvgIpc) is 2.89. The highest BCUT2D eigenvalue weighted by Crippen LogP contribution is 2.52. The van der Waals surface area contributed by atoms with Crippen LogP contribution in [0, 0.1) is 12.7 Å². The summed E-state index contributed by atoms with van der Waals surface area (Å²) in [5.74, 6) is 0.0321. The Morgan fingerprint density at radius 1 is 0.962 bits per heavy atom. The number of hydrogen-bond donors (Lipinski definition) is 1. The van der Waals surface area contributed by atoms with Gasteiger partial charge in [-0.2, -0.15) is 0 Å². The topological polar surface area (TPSA) is 23.5 Å². The number of halogens is 1. The molecule has 1 heterocycles. The number of benzene rings is 3. The summed E-state index contributed by atoms with van der Waals surface area (Å²) >= 11 is 0. The lowest BCUT2D eigenvalue weighted by molar-refractivity contribution is 0.476. The number of phenolic OH excluding ortho intramolecular Hbond substituents is 1. The molecule has 132 valence electrons. The van der Waals surface area contributed by atoms with Gasteiger partial charge in [0.15, 0.2) is 0 Å². The van der Waals surface area contributed by atoms with E-state index in [-0.39, 0.29) is 17.0 Å². The van der Waals surface area contributed by atoms with Gasteiger partial charge in [0.2, 0.25) is 0 Å². The van der Waals surface area contributed by atoms with E-state index in [0.29, 0.717) is 0 Å². The molecule has 0 saturated heterocycles. The van der Waals surface area contributed by atoms with Gasteiger partial charge < -0.3 is 10.0 Å². The van der Waals surface area contributed by atoms with Gasteiger partial charge in [0.25, 0.3) is 0 Å². The minimum Gasteiger partial charge on any atom is -0.506 e. The van der Waals surface area contributed by atoms with Crippen LogP contribution < -0.4 is 4.90 Å². The summed E-state index contributed by atoms with van der Waals surface area (Å²) in [5, 5.41) is 10.7. The lowest BCUT2D eigenvalue weighted by Gasteiger charge is -2.24. The van der Waals surface area contributed by atoms with E-state index < -0.39 is 0 Å². The smallest absolute Gasteiger partial charge is 0.139 e. The highest BCUT2D eigenvalue weighted by Gasteiger charge is 2.40. The summed E-state index contributed by atoms with van der Waals surface area (Å²) in [5.41, 5.74) is 6.08. The number of nitrogens with zero attached hydrogens (tertiary/aromatic N) is 1. The molecule has 3 aromatic carbocycles. The lowest BCUT2D eigenvalue weighted by atomic mass is 9.81. The maximum Gasteiger partial charge on any atom is 0.139 e. The predicted molar refractivity (Wildman–Crippen MR) is 105 cm³/mol. The molecule has 4 rings (SSSR count). The van der Waals surface area contributed by atoms with Crippen molar-refractivity contribution in [3.63, 3.8) is 0 Å². The van der Waals surface area contributed by atoms with Crippen molar-refractivity contribution in [1.29, 1.82) is 0 Å². The predicted octanol–water partition coefficient (Wildman–Crippen LogP) is 5.94. The van der Waals surface area contributed by atoms with E-state index in [1.165, 1.54) is 17.7 Å². The van der Waals surface area contributed by atoms with Gasteiger partial charge >= 0.3 is 0 Å². The van der Waals surface area contributed by atoms with Crippen LogP contribution in [0.2, 0.25) is 0 Å². The second-order valence-corrected chi connectivity index (χ2v) is 7.62. The van der Waals surface area contributed by atoms with E-state index in [2.05, 4.69) is 37.8 Å². The fourth-order valence-electron chi connectivity index (χ4n) is 4.03. The molecule has 0 saturated carbocycles. The van der Waals surface area contributed by atoms with Crippen LogP contribution in [0.5, 0.6) is 5.75 Å². The van der Waals surface area contributed by atoms with E-state index in [0.717, 1.165) is 34.6 Å². The molecule has 2 nitrogen and oxygen atoms in total. The molecule has 1 N–H and O–H groups in total. The van der Waals surface area contributed by atoms with Gasteiger partial charge in [0, 0.05) is 17.6 Å². The van der Waals surface area contributed by atoms with Crippen LogP contribution >= 0.6 is 0 Å². The first-order chi connectivity index (χ1) is 12.4. The third-order valence-electron chi connectivity index (χ3n) is 5.22. The number of phenols is 1. The second kappa shape index (κ2) is 5.87. The summed E-state index contributed by atoms with van der Waals surface area (Å²) in [6.45, 7) is 7.24. The van der Waals surface area contributed by atoms with E-state index in [4.69, 9.17) is 0 Å². The number of anilines is 2. The molecule has 0 amide bonds. The normalized spacial score (nSPS) is 15.2. The van der Waals surface area contributed by atoms with Crippen LogP contribution in [0.4, 0.5) is 15.8 Å². The van der Waals surface area contributed by atoms with Crippen LogP contribution in [0.3, 0.4) is 0 Å². The summed E-state index contributed by atoms with van der Waals surface area (Å²) in [6.07, 6.45) is 0. The number of aromatic hydroxyl groups is 1. The Kier molecular flexibility index (Phi) is 3.76. The minimum atomic E-state index is -0.245. The highest BCUT2D eigenvalue weighted by molar-refractivity contribution is 5.86. The molecule has 26 heavy (non-hydrogen) atoms. The Labute approximate surface area is 153 Å². The first-order valence-corrected chi connectivity index (χ1v) is 8.84. The van der Waals surface area contributed by atoms with E-state index in [1.807, 2.05) is 18.2 Å². The van der Waals surface area contributed by atoms with Crippen molar-refractivity contribution in [2.24, 2.45) is 0 Å². The molecule has 0 aliphatic carbocycles. The largest absolute Gasteiger partial charge is 0.506 e. The maximum absolute atomic E-state index is 13.4. The van der Waals surface area contributed by atoms with Crippen molar-refractivity contribution in [1.82, 2.24) is 0 Å². The summed E-state index contributed by atoms with van der Waals surface area (Å²) in [4.78, 5) is 2.20. The third kappa shape index (κ3) is 2.55. The lowest BCUT2D eigenvalue weighted by Crippen LogP contribution is -2.25. The van der Waals surface area contributed by atoms with Gasteiger partial charge in [-0.05, 0) is 53.4 Å². The summed E-state index contributed by atoms with van der Waals surface area (Å²) in [7, 11) is 0. The van der Waals surface area contributed by atoms with Crippen molar-refractivity contribution < 1.29 is 9.50 Å². The fourth-order valence-corrected chi connectivity index (χ4v) is 4.03. The Hall–Kier alpha value is -2.81. The number of para-hydroxylation sites is 1. The molecule has 3 aromatic rings. The molecular weight excluding hydrogens is 325 g/mol. The van der Waals surface area contributed by atoms with Crippen LogP contribution in [0.1, 0.15) is 25.0 Å². The number of aryl methyl sites for hydroxylation is 1. The molecule has 1 aliphatic rings. The minimum absolute atomic E-state index is 0.153. The van der Waals surface area contributed by atoms with E-state index in [1.54, 1.807) is 18.2 Å². The molecular formula is C23H22FNO. The van der Waals surface area contributed by atoms with Crippen molar-refractivity contribution in [2.45, 2.75) is 26.2 Å². The third-order valence-corrected chi connectivity index (χ3v) is 5.22.